The first kappa shape index (κ1) is 18.3. The molecule has 0 N–H and O–H groups in total. The molecule has 8 nitrogen and oxygen atoms in total. The van der Waals surface area contributed by atoms with Crippen LogP contribution in [0.25, 0.3) is 10.9 Å². The number of anilines is 1. The molecule has 0 radical (unpaired) electrons. The van der Waals surface area contributed by atoms with Gasteiger partial charge >= 0.3 is 0 Å². The molecule has 0 unspecified atom stereocenters. The summed E-state index contributed by atoms with van der Waals surface area (Å²) in [6, 6.07) is 14.9. The zero-order chi connectivity index (χ0) is 19.7. The number of aromatic nitrogens is 1. The molecule has 0 aliphatic carbocycles. The third-order valence-electron chi connectivity index (χ3n) is 4.88. The Kier molecular flexibility index (Phi) is 4.70. The first-order valence-corrected chi connectivity index (χ1v) is 10.2. The molecule has 9 heteroatoms. The minimum Gasteiger partial charge on any atom is -0.367 e. The lowest BCUT2D eigenvalue weighted by Crippen LogP contribution is -2.48. The van der Waals surface area contributed by atoms with E-state index >= 15 is 0 Å². The molecular weight excluding hydrogens is 380 g/mol. The van der Waals surface area contributed by atoms with Crippen LogP contribution in [0, 0.1) is 10.1 Å². The zero-order valence-corrected chi connectivity index (χ0v) is 15.7. The Bertz CT molecular complexity index is 1130. The summed E-state index contributed by atoms with van der Waals surface area (Å²) in [5.74, 6) is 0. The van der Waals surface area contributed by atoms with E-state index in [1.165, 1.54) is 10.4 Å². The Morgan fingerprint density at radius 2 is 1.64 bits per heavy atom. The molecule has 1 aliphatic rings. The molecule has 2 heterocycles. The molecule has 144 valence electrons. The summed E-state index contributed by atoms with van der Waals surface area (Å²) in [5.41, 5.74) is 1.34. The van der Waals surface area contributed by atoms with E-state index < -0.39 is 14.9 Å². The maximum absolute atomic E-state index is 12.8. The highest BCUT2D eigenvalue weighted by molar-refractivity contribution is 7.89. The molecule has 1 aliphatic heterocycles. The van der Waals surface area contributed by atoms with Gasteiger partial charge in [-0.3, -0.25) is 15.1 Å². The quantitative estimate of drug-likeness (QED) is 0.495. The van der Waals surface area contributed by atoms with Crippen LogP contribution in [0.5, 0.6) is 0 Å². The highest BCUT2D eigenvalue weighted by atomic mass is 32.2. The fourth-order valence-electron chi connectivity index (χ4n) is 3.47. The Hall–Kier alpha value is -3.04. The number of hydrogen-bond donors (Lipinski definition) is 0. The van der Waals surface area contributed by atoms with E-state index in [0.717, 1.165) is 5.69 Å². The van der Waals surface area contributed by atoms with Gasteiger partial charge in [-0.25, -0.2) is 8.42 Å². The largest absolute Gasteiger partial charge is 0.367 e. The van der Waals surface area contributed by atoms with Gasteiger partial charge in [0.25, 0.3) is 5.69 Å². The summed E-state index contributed by atoms with van der Waals surface area (Å²) in [7, 11) is -3.53. The van der Waals surface area contributed by atoms with Gasteiger partial charge < -0.3 is 4.90 Å². The fourth-order valence-corrected chi connectivity index (χ4v) is 4.91. The fraction of sp³-hybridized carbons (Fsp3) is 0.211. The Labute approximate surface area is 162 Å². The number of benzene rings is 2. The lowest BCUT2D eigenvalue weighted by Gasteiger charge is -2.35. The van der Waals surface area contributed by atoms with Crippen LogP contribution in [0.1, 0.15) is 0 Å². The van der Waals surface area contributed by atoms with E-state index in [0.29, 0.717) is 37.1 Å². The van der Waals surface area contributed by atoms with Crippen molar-refractivity contribution in [2.24, 2.45) is 0 Å². The van der Waals surface area contributed by atoms with Crippen LogP contribution in [0.2, 0.25) is 0 Å². The average Bonchev–Trinajstić information content (AvgIpc) is 2.73. The third kappa shape index (κ3) is 3.19. The minimum atomic E-state index is -3.53. The molecule has 0 bridgehead atoms. The molecule has 28 heavy (non-hydrogen) atoms. The van der Waals surface area contributed by atoms with Crippen molar-refractivity contribution in [1.82, 2.24) is 9.29 Å². The van der Waals surface area contributed by atoms with Crippen molar-refractivity contribution in [2.75, 3.05) is 31.1 Å². The molecule has 1 aromatic heterocycles. The van der Waals surface area contributed by atoms with Crippen molar-refractivity contribution in [1.29, 1.82) is 0 Å². The SMILES string of the molecule is O=[N+]([O-])c1ccc(N2CCN(S(=O)(=O)c3ccccc3)CC2)c2ncccc12. The second-order valence-electron chi connectivity index (χ2n) is 6.46. The zero-order valence-electron chi connectivity index (χ0n) is 14.9. The van der Waals surface area contributed by atoms with Crippen LogP contribution in [0.4, 0.5) is 11.4 Å². The number of piperazine rings is 1. The van der Waals surface area contributed by atoms with Crippen LogP contribution in [-0.4, -0.2) is 48.8 Å². The predicted octanol–water partition coefficient (Wildman–Crippen LogP) is 2.65. The third-order valence-corrected chi connectivity index (χ3v) is 6.80. The number of fused-ring (bicyclic) bond motifs is 1. The van der Waals surface area contributed by atoms with Gasteiger partial charge in [-0.05, 0) is 30.3 Å². The summed E-state index contributed by atoms with van der Waals surface area (Å²) < 4.78 is 27.0. The van der Waals surface area contributed by atoms with Crippen LogP contribution in [0.15, 0.2) is 65.7 Å². The topological polar surface area (TPSA) is 96.6 Å². The van der Waals surface area contributed by atoms with Crippen LogP contribution < -0.4 is 4.90 Å². The van der Waals surface area contributed by atoms with Gasteiger partial charge in [0.2, 0.25) is 10.0 Å². The normalized spacial score (nSPS) is 15.6. The standard InChI is InChI=1S/C19H18N4O4S/c24-23(25)17-8-9-18(19-16(17)7-4-10-20-19)21-11-13-22(14-12-21)28(26,27)15-5-2-1-3-6-15/h1-10H,11-14H2. The molecule has 0 amide bonds. The van der Waals surface area contributed by atoms with E-state index in [1.54, 1.807) is 54.7 Å². The van der Waals surface area contributed by atoms with Gasteiger partial charge in [-0.2, -0.15) is 4.31 Å². The molecule has 0 spiro atoms. The maximum Gasteiger partial charge on any atom is 0.278 e. The summed E-state index contributed by atoms with van der Waals surface area (Å²) >= 11 is 0. The molecule has 4 rings (SSSR count). The van der Waals surface area contributed by atoms with Gasteiger partial charge in [0.15, 0.2) is 0 Å². The Morgan fingerprint density at radius 1 is 0.929 bits per heavy atom. The van der Waals surface area contributed by atoms with Gasteiger partial charge in [-0.15, -0.1) is 0 Å². The van der Waals surface area contributed by atoms with Crippen molar-refractivity contribution in [3.63, 3.8) is 0 Å². The van der Waals surface area contributed by atoms with E-state index in [9.17, 15) is 18.5 Å². The molecular formula is C19H18N4O4S. The molecule has 0 atom stereocenters. The smallest absolute Gasteiger partial charge is 0.278 e. The van der Waals surface area contributed by atoms with E-state index in [2.05, 4.69) is 4.98 Å². The van der Waals surface area contributed by atoms with Crippen LogP contribution in [-0.2, 0) is 10.0 Å². The maximum atomic E-state index is 12.8. The number of rotatable bonds is 4. The molecule has 2 aromatic carbocycles. The monoisotopic (exact) mass is 398 g/mol. The summed E-state index contributed by atoms with van der Waals surface area (Å²) in [5, 5.41) is 11.8. The van der Waals surface area contributed by atoms with E-state index in [-0.39, 0.29) is 10.6 Å². The molecule has 1 fully saturated rings. The number of nitro benzene ring substituents is 1. The van der Waals surface area contributed by atoms with Crippen molar-refractivity contribution < 1.29 is 13.3 Å². The number of non-ortho nitro benzene ring substituents is 1. The lowest BCUT2D eigenvalue weighted by molar-refractivity contribution is -0.383. The second-order valence-corrected chi connectivity index (χ2v) is 8.40. The number of sulfonamides is 1. The minimum absolute atomic E-state index is 0.0112. The van der Waals surface area contributed by atoms with E-state index in [1.807, 2.05) is 4.90 Å². The summed E-state index contributed by atoms with van der Waals surface area (Å²) in [4.78, 5) is 17.5. The first-order valence-electron chi connectivity index (χ1n) is 8.81. The first-order chi connectivity index (χ1) is 13.5. The van der Waals surface area contributed by atoms with Crippen LogP contribution in [0.3, 0.4) is 0 Å². The van der Waals surface area contributed by atoms with Crippen LogP contribution >= 0.6 is 0 Å². The lowest BCUT2D eigenvalue weighted by atomic mass is 10.1. The number of nitrogens with zero attached hydrogens (tertiary/aromatic N) is 4. The van der Waals surface area contributed by atoms with Crippen molar-refractivity contribution in [2.45, 2.75) is 4.90 Å². The van der Waals surface area contributed by atoms with Gasteiger partial charge in [0, 0.05) is 38.4 Å². The second kappa shape index (κ2) is 7.17. The van der Waals surface area contributed by atoms with Crippen molar-refractivity contribution in [3.05, 3.63) is 70.9 Å². The summed E-state index contributed by atoms with van der Waals surface area (Å²) in [6.07, 6.45) is 1.60. The predicted molar refractivity (Wildman–Crippen MR) is 106 cm³/mol. The molecule has 0 saturated carbocycles. The number of nitro groups is 1. The highest BCUT2D eigenvalue weighted by Crippen LogP contribution is 2.32. The van der Waals surface area contributed by atoms with Gasteiger partial charge in [0.1, 0.15) is 5.52 Å². The number of hydrogen-bond acceptors (Lipinski definition) is 6. The van der Waals surface area contributed by atoms with Crippen molar-refractivity contribution >= 4 is 32.3 Å². The average molecular weight is 398 g/mol. The summed E-state index contributed by atoms with van der Waals surface area (Å²) in [6.45, 7) is 1.64. The van der Waals surface area contributed by atoms with Crippen molar-refractivity contribution in [3.8, 4) is 0 Å². The number of pyridine rings is 1. The van der Waals surface area contributed by atoms with Gasteiger partial charge in [0.05, 0.1) is 20.9 Å². The Balaban J connectivity index is 1.60. The Morgan fingerprint density at radius 3 is 2.32 bits per heavy atom. The molecule has 1 saturated heterocycles. The highest BCUT2D eigenvalue weighted by Gasteiger charge is 2.29. The van der Waals surface area contributed by atoms with Gasteiger partial charge in [-0.1, -0.05) is 18.2 Å². The molecule has 3 aromatic rings. The van der Waals surface area contributed by atoms with E-state index in [4.69, 9.17) is 0 Å².